The second-order valence-corrected chi connectivity index (χ2v) is 11.3. The Morgan fingerprint density at radius 1 is 0.800 bits per heavy atom. The predicted octanol–water partition coefficient (Wildman–Crippen LogP) is 6.56. The van der Waals surface area contributed by atoms with Crippen LogP contribution in [0.25, 0.3) is 0 Å². The average molecular weight is 543 g/mol. The van der Waals surface area contributed by atoms with Gasteiger partial charge in [0.2, 0.25) is 0 Å². The van der Waals surface area contributed by atoms with Gasteiger partial charge in [0, 0.05) is 13.1 Å². The van der Waals surface area contributed by atoms with Gasteiger partial charge in [-0.15, -0.1) is 0 Å². The van der Waals surface area contributed by atoms with E-state index in [1.54, 1.807) is 14.2 Å². The zero-order valence-corrected chi connectivity index (χ0v) is 24.4. The molecule has 0 spiro atoms. The van der Waals surface area contributed by atoms with Crippen LogP contribution in [0.1, 0.15) is 65.8 Å². The molecule has 0 radical (unpaired) electrons. The molecular formula is C35H46N2O3. The van der Waals surface area contributed by atoms with Crippen molar-refractivity contribution in [2.45, 2.75) is 63.8 Å². The van der Waals surface area contributed by atoms with E-state index in [0.717, 1.165) is 69.2 Å². The molecule has 2 aliphatic rings. The van der Waals surface area contributed by atoms with Gasteiger partial charge < -0.3 is 19.5 Å². The predicted molar refractivity (Wildman–Crippen MR) is 163 cm³/mol. The van der Waals surface area contributed by atoms with Crippen LogP contribution in [-0.4, -0.2) is 51.9 Å². The SMILES string of the molecule is COc1ccc2c(c1)CCC(c1ccc(OC)cc1CNCCc1ccc(OCCN3CCCCCC3)cc1)C2. The monoisotopic (exact) mass is 542 g/mol. The van der Waals surface area contributed by atoms with Gasteiger partial charge >= 0.3 is 0 Å². The summed E-state index contributed by atoms with van der Waals surface area (Å²) >= 11 is 0. The molecule has 40 heavy (non-hydrogen) atoms. The first-order valence-corrected chi connectivity index (χ1v) is 15.2. The largest absolute Gasteiger partial charge is 0.497 e. The third kappa shape index (κ3) is 7.80. The Hall–Kier alpha value is -3.02. The lowest BCUT2D eigenvalue weighted by molar-refractivity contribution is 0.214. The molecule has 5 heteroatoms. The number of rotatable bonds is 12. The van der Waals surface area contributed by atoms with E-state index in [1.807, 2.05) is 0 Å². The molecule has 1 aliphatic carbocycles. The highest BCUT2D eigenvalue weighted by Crippen LogP contribution is 2.36. The number of nitrogens with one attached hydrogen (secondary N) is 1. The lowest BCUT2D eigenvalue weighted by Gasteiger charge is -2.27. The summed E-state index contributed by atoms with van der Waals surface area (Å²) in [4.78, 5) is 2.55. The Morgan fingerprint density at radius 2 is 1.52 bits per heavy atom. The van der Waals surface area contributed by atoms with E-state index in [4.69, 9.17) is 14.2 Å². The highest BCUT2D eigenvalue weighted by Gasteiger charge is 2.23. The van der Waals surface area contributed by atoms with Crippen molar-refractivity contribution in [2.24, 2.45) is 0 Å². The van der Waals surface area contributed by atoms with E-state index in [-0.39, 0.29) is 0 Å². The number of fused-ring (bicyclic) bond motifs is 1. The van der Waals surface area contributed by atoms with E-state index < -0.39 is 0 Å². The molecule has 1 heterocycles. The van der Waals surface area contributed by atoms with Gasteiger partial charge in [-0.2, -0.15) is 0 Å². The fourth-order valence-electron chi connectivity index (χ4n) is 6.24. The van der Waals surface area contributed by atoms with E-state index in [0.29, 0.717) is 5.92 Å². The van der Waals surface area contributed by atoms with Crippen LogP contribution in [0.5, 0.6) is 17.2 Å². The van der Waals surface area contributed by atoms with Crippen LogP contribution in [0.4, 0.5) is 0 Å². The maximum Gasteiger partial charge on any atom is 0.119 e. The first-order chi connectivity index (χ1) is 19.7. The number of hydrogen-bond acceptors (Lipinski definition) is 5. The zero-order valence-electron chi connectivity index (χ0n) is 24.4. The topological polar surface area (TPSA) is 43.0 Å². The standard InChI is InChI=1S/C35H46N2O3/c1-38-33-14-11-28-23-30(10-9-29(28)24-33)35-16-15-34(39-2)25-31(35)26-36-18-17-27-7-12-32(13-8-27)40-22-21-37-19-5-3-4-6-20-37/h7-8,11-16,24-25,30,36H,3-6,9-10,17-23,26H2,1-2H3. The Bertz CT molecular complexity index is 1200. The van der Waals surface area contributed by atoms with Crippen LogP contribution >= 0.6 is 0 Å². The summed E-state index contributed by atoms with van der Waals surface area (Å²) < 4.78 is 17.1. The number of aryl methyl sites for hydroxylation is 1. The quantitative estimate of drug-likeness (QED) is 0.263. The first kappa shape index (κ1) is 28.5. The van der Waals surface area contributed by atoms with Crippen LogP contribution in [0.2, 0.25) is 0 Å². The maximum absolute atomic E-state index is 6.04. The van der Waals surface area contributed by atoms with Gasteiger partial charge in [0.15, 0.2) is 0 Å². The summed E-state index contributed by atoms with van der Waals surface area (Å²) in [5, 5.41) is 3.70. The number of benzene rings is 3. The van der Waals surface area contributed by atoms with Crippen molar-refractivity contribution in [3.8, 4) is 17.2 Å². The fraction of sp³-hybridized carbons (Fsp3) is 0.486. The number of methoxy groups -OCH3 is 2. The van der Waals surface area contributed by atoms with Crippen molar-refractivity contribution >= 4 is 0 Å². The zero-order chi connectivity index (χ0) is 27.6. The Morgan fingerprint density at radius 3 is 2.30 bits per heavy atom. The van der Waals surface area contributed by atoms with Crippen LogP contribution in [0, 0.1) is 0 Å². The van der Waals surface area contributed by atoms with Crippen molar-refractivity contribution < 1.29 is 14.2 Å². The van der Waals surface area contributed by atoms with Gasteiger partial charge in [0.05, 0.1) is 14.2 Å². The molecule has 1 N–H and O–H groups in total. The molecular weight excluding hydrogens is 496 g/mol. The molecule has 1 saturated heterocycles. The third-order valence-corrected chi connectivity index (χ3v) is 8.64. The normalized spacial score (nSPS) is 17.6. The molecule has 0 saturated carbocycles. The fourth-order valence-corrected chi connectivity index (χ4v) is 6.24. The van der Waals surface area contributed by atoms with Crippen LogP contribution in [0.15, 0.2) is 60.7 Å². The average Bonchev–Trinajstić information content (AvgIpc) is 3.28. The minimum Gasteiger partial charge on any atom is -0.497 e. The number of nitrogens with zero attached hydrogens (tertiary/aromatic N) is 1. The minimum absolute atomic E-state index is 0.524. The molecule has 1 aliphatic heterocycles. The van der Waals surface area contributed by atoms with Gasteiger partial charge in [-0.3, -0.25) is 4.90 Å². The second kappa shape index (κ2) is 14.6. The lowest BCUT2D eigenvalue weighted by Crippen LogP contribution is -2.29. The number of likely N-dealkylation sites (tertiary alicyclic amines) is 1. The van der Waals surface area contributed by atoms with E-state index >= 15 is 0 Å². The Labute approximate surface area is 240 Å². The number of hydrogen-bond donors (Lipinski definition) is 1. The Kier molecular flexibility index (Phi) is 10.4. The summed E-state index contributed by atoms with van der Waals surface area (Å²) in [7, 11) is 3.49. The molecule has 5 nitrogen and oxygen atoms in total. The molecule has 1 unspecified atom stereocenters. The molecule has 3 aromatic rings. The van der Waals surface area contributed by atoms with Crippen molar-refractivity contribution in [1.29, 1.82) is 0 Å². The molecule has 214 valence electrons. The molecule has 5 rings (SSSR count). The van der Waals surface area contributed by atoms with Gasteiger partial charge in [-0.05, 0) is 128 Å². The summed E-state index contributed by atoms with van der Waals surface area (Å²) in [6.07, 6.45) is 9.72. The van der Waals surface area contributed by atoms with Gasteiger partial charge in [0.1, 0.15) is 23.9 Å². The highest BCUT2D eigenvalue weighted by molar-refractivity contribution is 5.43. The highest BCUT2D eigenvalue weighted by atomic mass is 16.5. The van der Waals surface area contributed by atoms with E-state index in [2.05, 4.69) is 70.9 Å². The summed E-state index contributed by atoms with van der Waals surface area (Å²) in [6.45, 7) is 6.01. The molecule has 0 amide bonds. The molecule has 1 atom stereocenters. The molecule has 0 bridgehead atoms. The minimum atomic E-state index is 0.524. The van der Waals surface area contributed by atoms with E-state index in [9.17, 15) is 0 Å². The molecule has 3 aromatic carbocycles. The number of ether oxygens (including phenoxy) is 3. The van der Waals surface area contributed by atoms with Crippen molar-refractivity contribution in [3.05, 3.63) is 88.5 Å². The third-order valence-electron chi connectivity index (χ3n) is 8.64. The van der Waals surface area contributed by atoms with Gasteiger partial charge in [-0.1, -0.05) is 37.1 Å². The summed E-state index contributed by atoms with van der Waals surface area (Å²) in [5.74, 6) is 3.38. The van der Waals surface area contributed by atoms with Gasteiger partial charge in [-0.25, -0.2) is 0 Å². The van der Waals surface area contributed by atoms with Crippen LogP contribution < -0.4 is 19.5 Å². The summed E-state index contributed by atoms with van der Waals surface area (Å²) in [5.41, 5.74) is 6.99. The van der Waals surface area contributed by atoms with Crippen molar-refractivity contribution in [3.63, 3.8) is 0 Å². The van der Waals surface area contributed by atoms with E-state index in [1.165, 1.54) is 66.6 Å². The second-order valence-electron chi connectivity index (χ2n) is 11.3. The van der Waals surface area contributed by atoms with Crippen LogP contribution in [0.3, 0.4) is 0 Å². The lowest BCUT2D eigenvalue weighted by atomic mass is 9.78. The smallest absolute Gasteiger partial charge is 0.119 e. The van der Waals surface area contributed by atoms with Crippen molar-refractivity contribution in [1.82, 2.24) is 10.2 Å². The summed E-state index contributed by atoms with van der Waals surface area (Å²) in [6, 6.07) is 21.8. The van der Waals surface area contributed by atoms with Gasteiger partial charge in [0.25, 0.3) is 0 Å². The molecule has 1 fully saturated rings. The maximum atomic E-state index is 6.04. The Balaban J connectivity index is 1.10. The first-order valence-electron chi connectivity index (χ1n) is 15.2. The van der Waals surface area contributed by atoms with Crippen LogP contribution in [-0.2, 0) is 25.8 Å². The molecule has 0 aromatic heterocycles. The van der Waals surface area contributed by atoms with Crippen molar-refractivity contribution in [2.75, 3.05) is 47.0 Å².